The van der Waals surface area contributed by atoms with Crippen LogP contribution in [0.1, 0.15) is 99.9 Å². The maximum atomic E-state index is 12.3. The molecule has 0 bridgehead atoms. The second kappa shape index (κ2) is 11.2. The van der Waals surface area contributed by atoms with Crippen molar-refractivity contribution in [1.29, 1.82) is 0 Å². The van der Waals surface area contributed by atoms with Crippen molar-refractivity contribution < 1.29 is 9.59 Å². The molecule has 0 spiro atoms. The van der Waals surface area contributed by atoms with Gasteiger partial charge in [0.05, 0.1) is 0 Å². The van der Waals surface area contributed by atoms with Crippen LogP contribution in [0.4, 0.5) is 0 Å². The summed E-state index contributed by atoms with van der Waals surface area (Å²) in [5, 5.41) is 0. The summed E-state index contributed by atoms with van der Waals surface area (Å²) in [7, 11) is 0. The van der Waals surface area contributed by atoms with E-state index in [-0.39, 0.29) is 5.78 Å². The highest BCUT2D eigenvalue weighted by Gasteiger charge is 2.26. The van der Waals surface area contributed by atoms with Crippen LogP contribution in [0.15, 0.2) is 48.5 Å². The first-order chi connectivity index (χ1) is 14.6. The van der Waals surface area contributed by atoms with Gasteiger partial charge in [0.1, 0.15) is 5.78 Å². The first-order valence-corrected chi connectivity index (χ1v) is 11.9. The normalized spacial score (nSPS) is 18.9. The average molecular weight is 405 g/mol. The summed E-state index contributed by atoms with van der Waals surface area (Å²) in [6, 6.07) is 16.9. The van der Waals surface area contributed by atoms with Gasteiger partial charge in [-0.25, -0.2) is 0 Å². The molecule has 2 aromatic carbocycles. The van der Waals surface area contributed by atoms with Gasteiger partial charge >= 0.3 is 0 Å². The molecule has 0 saturated heterocycles. The summed E-state index contributed by atoms with van der Waals surface area (Å²) < 4.78 is 0. The van der Waals surface area contributed by atoms with Crippen molar-refractivity contribution >= 4 is 11.6 Å². The summed E-state index contributed by atoms with van der Waals surface area (Å²) in [5.74, 6) is 1.60. The molecule has 30 heavy (non-hydrogen) atoms. The van der Waals surface area contributed by atoms with E-state index < -0.39 is 0 Å². The summed E-state index contributed by atoms with van der Waals surface area (Å²) in [4.78, 5) is 24.5. The fraction of sp³-hybridized carbons (Fsp3) is 0.500. The molecule has 1 fully saturated rings. The highest BCUT2D eigenvalue weighted by atomic mass is 16.1. The lowest BCUT2D eigenvalue weighted by molar-refractivity contribution is -0.124. The zero-order valence-corrected chi connectivity index (χ0v) is 18.7. The first-order valence-electron chi connectivity index (χ1n) is 11.9. The maximum Gasteiger partial charge on any atom is 0.162 e. The standard InChI is InChI=1S/C28H36O2/c1-3-5-7-27(29)25-17-13-23(14-18-25)21-9-11-22(12-10-21)24-15-19-26(20-16-24)28(30)8-6-4-2/h9-14,17-18,24,26H,3-8,15-16,19-20H2,1-2H3. The lowest BCUT2D eigenvalue weighted by atomic mass is 9.76. The molecule has 0 radical (unpaired) electrons. The second-order valence-corrected chi connectivity index (χ2v) is 8.84. The van der Waals surface area contributed by atoms with Crippen molar-refractivity contribution in [3.05, 3.63) is 59.7 Å². The number of carbonyl (C=O) groups excluding carboxylic acids is 2. The van der Waals surface area contributed by atoms with Crippen LogP contribution in [0.5, 0.6) is 0 Å². The molecule has 2 nitrogen and oxygen atoms in total. The number of benzene rings is 2. The van der Waals surface area contributed by atoms with E-state index in [9.17, 15) is 9.59 Å². The number of rotatable bonds is 10. The van der Waals surface area contributed by atoms with E-state index in [4.69, 9.17) is 0 Å². The van der Waals surface area contributed by atoms with Gasteiger partial charge in [0.25, 0.3) is 0 Å². The van der Waals surface area contributed by atoms with Crippen LogP contribution in [-0.2, 0) is 4.79 Å². The van der Waals surface area contributed by atoms with E-state index in [0.29, 0.717) is 24.0 Å². The fourth-order valence-electron chi connectivity index (χ4n) is 4.58. The topological polar surface area (TPSA) is 34.1 Å². The minimum atomic E-state index is 0.238. The molecule has 1 aliphatic carbocycles. The van der Waals surface area contributed by atoms with Crippen LogP contribution in [-0.4, -0.2) is 11.6 Å². The molecule has 0 aliphatic heterocycles. The van der Waals surface area contributed by atoms with Crippen molar-refractivity contribution in [2.45, 2.75) is 84.0 Å². The van der Waals surface area contributed by atoms with Gasteiger partial charge in [0.2, 0.25) is 0 Å². The molecule has 0 unspecified atom stereocenters. The predicted octanol–water partition coefficient (Wildman–Crippen LogP) is 7.76. The van der Waals surface area contributed by atoms with Gasteiger partial charge in [-0.2, -0.15) is 0 Å². The molecule has 3 rings (SSSR count). The Kier molecular flexibility index (Phi) is 8.42. The largest absolute Gasteiger partial charge is 0.299 e. The Morgan fingerprint density at radius 2 is 1.27 bits per heavy atom. The molecule has 0 heterocycles. The van der Waals surface area contributed by atoms with Gasteiger partial charge in [-0.05, 0) is 61.1 Å². The molecular weight excluding hydrogens is 368 g/mol. The lowest BCUT2D eigenvalue weighted by Gasteiger charge is -2.28. The molecule has 2 heteroatoms. The van der Waals surface area contributed by atoms with Crippen molar-refractivity contribution in [3.8, 4) is 11.1 Å². The predicted molar refractivity (Wildman–Crippen MR) is 125 cm³/mol. The summed E-state index contributed by atoms with van der Waals surface area (Å²) in [5.41, 5.74) is 4.55. The lowest BCUT2D eigenvalue weighted by Crippen LogP contribution is -2.21. The molecule has 0 aromatic heterocycles. The molecule has 1 saturated carbocycles. The first kappa shape index (κ1) is 22.5. The Balaban J connectivity index is 1.56. The molecule has 0 N–H and O–H groups in total. The van der Waals surface area contributed by atoms with E-state index >= 15 is 0 Å². The smallest absolute Gasteiger partial charge is 0.162 e. The fourth-order valence-corrected chi connectivity index (χ4v) is 4.58. The van der Waals surface area contributed by atoms with Crippen LogP contribution >= 0.6 is 0 Å². The van der Waals surface area contributed by atoms with Crippen molar-refractivity contribution in [1.82, 2.24) is 0 Å². The Labute approximate surface area is 182 Å². The Bertz CT molecular complexity index is 809. The summed E-state index contributed by atoms with van der Waals surface area (Å²) in [6.07, 6.45) is 9.88. The highest BCUT2D eigenvalue weighted by Crippen LogP contribution is 2.37. The monoisotopic (exact) mass is 404 g/mol. The maximum absolute atomic E-state index is 12.3. The Morgan fingerprint density at radius 3 is 1.83 bits per heavy atom. The van der Waals surface area contributed by atoms with Crippen LogP contribution in [0.25, 0.3) is 11.1 Å². The zero-order chi connectivity index (χ0) is 21.3. The Morgan fingerprint density at radius 1 is 0.733 bits per heavy atom. The van der Waals surface area contributed by atoms with Gasteiger partial charge in [0, 0.05) is 24.3 Å². The molecule has 1 aliphatic rings. The minimum Gasteiger partial charge on any atom is -0.299 e. The quantitative estimate of drug-likeness (QED) is 0.379. The molecular formula is C28H36O2. The van der Waals surface area contributed by atoms with E-state index in [1.165, 1.54) is 11.1 Å². The minimum absolute atomic E-state index is 0.238. The number of hydrogen-bond donors (Lipinski definition) is 0. The van der Waals surface area contributed by atoms with Gasteiger partial charge < -0.3 is 0 Å². The molecule has 160 valence electrons. The van der Waals surface area contributed by atoms with E-state index in [0.717, 1.165) is 68.9 Å². The van der Waals surface area contributed by atoms with Gasteiger partial charge in [-0.1, -0.05) is 75.2 Å². The van der Waals surface area contributed by atoms with Crippen LogP contribution < -0.4 is 0 Å². The number of ketones is 2. The average Bonchev–Trinajstić information content (AvgIpc) is 2.81. The second-order valence-electron chi connectivity index (χ2n) is 8.84. The third-order valence-corrected chi connectivity index (χ3v) is 6.64. The van der Waals surface area contributed by atoms with E-state index in [1.807, 2.05) is 12.1 Å². The van der Waals surface area contributed by atoms with Crippen molar-refractivity contribution in [3.63, 3.8) is 0 Å². The van der Waals surface area contributed by atoms with Crippen molar-refractivity contribution in [2.24, 2.45) is 5.92 Å². The van der Waals surface area contributed by atoms with Gasteiger partial charge in [0.15, 0.2) is 5.78 Å². The summed E-state index contributed by atoms with van der Waals surface area (Å²) >= 11 is 0. The van der Waals surface area contributed by atoms with Crippen LogP contribution in [0.2, 0.25) is 0 Å². The van der Waals surface area contributed by atoms with E-state index in [2.05, 4.69) is 50.2 Å². The number of carbonyl (C=O) groups is 2. The summed E-state index contributed by atoms with van der Waals surface area (Å²) in [6.45, 7) is 4.26. The number of Topliss-reactive ketones (excluding diaryl/α,β-unsaturated/α-hetero) is 2. The van der Waals surface area contributed by atoms with Gasteiger partial charge in [-0.3, -0.25) is 9.59 Å². The SMILES string of the molecule is CCCCC(=O)c1ccc(-c2ccc(C3CCC(C(=O)CCCC)CC3)cc2)cc1. The van der Waals surface area contributed by atoms with Crippen LogP contribution in [0, 0.1) is 5.92 Å². The molecule has 2 aromatic rings. The number of unbranched alkanes of at least 4 members (excludes halogenated alkanes) is 2. The highest BCUT2D eigenvalue weighted by molar-refractivity contribution is 5.96. The van der Waals surface area contributed by atoms with E-state index in [1.54, 1.807) is 0 Å². The van der Waals surface area contributed by atoms with Crippen molar-refractivity contribution in [2.75, 3.05) is 0 Å². The van der Waals surface area contributed by atoms with Gasteiger partial charge in [-0.15, -0.1) is 0 Å². The third kappa shape index (κ3) is 5.90. The van der Waals surface area contributed by atoms with Crippen LogP contribution in [0.3, 0.4) is 0 Å². The molecule has 0 atom stereocenters. The third-order valence-electron chi connectivity index (χ3n) is 6.64. The number of hydrogen-bond acceptors (Lipinski definition) is 2. The zero-order valence-electron chi connectivity index (χ0n) is 18.7. The molecule has 0 amide bonds. The Hall–Kier alpha value is -2.22.